The molecule has 1 aromatic heterocycles. The minimum Gasteiger partial charge on any atom is -0.497 e. The van der Waals surface area contributed by atoms with Gasteiger partial charge in [-0.25, -0.2) is 0 Å². The first-order valence-electron chi connectivity index (χ1n) is 5.85. The van der Waals surface area contributed by atoms with Gasteiger partial charge in [0.1, 0.15) is 10.6 Å². The van der Waals surface area contributed by atoms with Crippen molar-refractivity contribution in [2.45, 2.75) is 0 Å². The van der Waals surface area contributed by atoms with Crippen LogP contribution in [0.25, 0.3) is 10.1 Å². The molecule has 1 heterocycles. The first-order valence-corrected chi connectivity index (χ1v) is 7.86. The molecule has 0 aliphatic heterocycles. The summed E-state index contributed by atoms with van der Waals surface area (Å²) < 4.78 is 5.99. The number of benzene rings is 1. The van der Waals surface area contributed by atoms with Gasteiger partial charge in [0.25, 0.3) is 5.91 Å². The van der Waals surface area contributed by atoms with Gasteiger partial charge in [0, 0.05) is 10.1 Å². The van der Waals surface area contributed by atoms with Crippen LogP contribution in [0.3, 0.4) is 0 Å². The summed E-state index contributed by atoms with van der Waals surface area (Å²) in [6.07, 6.45) is 0. The molecule has 6 nitrogen and oxygen atoms in total. The van der Waals surface area contributed by atoms with Crippen LogP contribution in [0.4, 0.5) is 0 Å². The van der Waals surface area contributed by atoms with Gasteiger partial charge in [-0.05, 0) is 42.6 Å². The van der Waals surface area contributed by atoms with E-state index in [1.54, 1.807) is 19.2 Å². The van der Waals surface area contributed by atoms with Crippen molar-refractivity contribution < 1.29 is 9.53 Å². The highest BCUT2D eigenvalue weighted by atomic mass is 35.5. The number of hydrazine groups is 1. The van der Waals surface area contributed by atoms with Gasteiger partial charge in [0.2, 0.25) is 0 Å². The molecule has 116 valence electrons. The molecule has 22 heavy (non-hydrogen) atoms. The smallest absolute Gasteiger partial charge is 0.269 e. The van der Waals surface area contributed by atoms with Crippen LogP contribution in [-0.4, -0.2) is 23.2 Å². The Bertz CT molecular complexity index is 762. The number of hydrogen-bond donors (Lipinski definition) is 4. The Morgan fingerprint density at radius 2 is 2.09 bits per heavy atom. The number of carbonyl (C=O) groups is 1. The summed E-state index contributed by atoms with van der Waals surface area (Å²) in [6.45, 7) is 0. The second-order valence-corrected chi connectivity index (χ2v) is 6.28. The number of nitrogens with two attached hydrogens (primary N) is 1. The van der Waals surface area contributed by atoms with E-state index in [9.17, 15) is 4.79 Å². The van der Waals surface area contributed by atoms with Gasteiger partial charge in [-0.2, -0.15) is 0 Å². The second-order valence-electron chi connectivity index (χ2n) is 4.00. The highest BCUT2D eigenvalue weighted by Crippen LogP contribution is 2.37. The van der Waals surface area contributed by atoms with E-state index < -0.39 is 5.91 Å². The van der Waals surface area contributed by atoms with Crippen molar-refractivity contribution >= 4 is 73.6 Å². The Kier molecular flexibility index (Phi) is 5.35. The van der Waals surface area contributed by atoms with Crippen molar-refractivity contribution in [3.05, 3.63) is 28.1 Å². The fraction of sp³-hybridized carbons (Fsp3) is 0.0833. The van der Waals surface area contributed by atoms with Crippen molar-refractivity contribution in [3.63, 3.8) is 0 Å². The molecule has 0 fully saturated rings. The number of halogens is 1. The van der Waals surface area contributed by atoms with Gasteiger partial charge in [-0.15, -0.1) is 11.3 Å². The molecule has 0 saturated carbocycles. The Morgan fingerprint density at radius 3 is 2.73 bits per heavy atom. The zero-order chi connectivity index (χ0) is 16.3. The molecular weight excluding hydrogens is 364 g/mol. The van der Waals surface area contributed by atoms with Gasteiger partial charge < -0.3 is 10.5 Å². The third-order valence-corrected chi connectivity index (χ3v) is 4.53. The predicted octanol–water partition coefficient (Wildman–Crippen LogP) is 1.92. The maximum Gasteiger partial charge on any atom is 0.269 e. The molecule has 0 atom stereocenters. The molecule has 1 aromatic carbocycles. The number of thiophene rings is 1. The standard InChI is InChI=1S/C12H11ClN4O2S3/c1-19-5-2-3-6-7(4-5)22-9(8(6)13)10(18)15-12(21)17-16-11(14)20/h2-4H,1H3,(H3,14,16,20)(H2,15,17,18,21). The molecule has 0 aliphatic carbocycles. The third-order valence-electron chi connectivity index (χ3n) is 2.57. The molecule has 10 heteroatoms. The third kappa shape index (κ3) is 3.74. The highest BCUT2D eigenvalue weighted by Gasteiger charge is 2.18. The molecule has 0 saturated heterocycles. The van der Waals surface area contributed by atoms with Crippen molar-refractivity contribution in [2.75, 3.05) is 7.11 Å². The number of rotatable bonds is 2. The number of hydrogen-bond acceptors (Lipinski definition) is 5. The van der Waals surface area contributed by atoms with Crippen molar-refractivity contribution in [3.8, 4) is 5.75 Å². The average molecular weight is 375 g/mol. The van der Waals surface area contributed by atoms with Crippen molar-refractivity contribution in [1.82, 2.24) is 16.2 Å². The number of amides is 1. The second kappa shape index (κ2) is 7.05. The zero-order valence-corrected chi connectivity index (χ0v) is 14.4. The topological polar surface area (TPSA) is 88.4 Å². The van der Waals surface area contributed by atoms with Crippen LogP contribution in [0.5, 0.6) is 5.75 Å². The Balaban J connectivity index is 2.19. The molecule has 2 rings (SSSR count). The van der Waals surface area contributed by atoms with Gasteiger partial charge in [-0.3, -0.25) is 21.0 Å². The summed E-state index contributed by atoms with van der Waals surface area (Å²) in [4.78, 5) is 12.6. The van der Waals surface area contributed by atoms with E-state index in [4.69, 9.17) is 34.3 Å². The van der Waals surface area contributed by atoms with Crippen LogP contribution in [0.1, 0.15) is 9.67 Å². The number of carbonyl (C=O) groups excluding carboxylic acids is 1. The molecule has 2 aromatic rings. The molecule has 0 radical (unpaired) electrons. The lowest BCUT2D eigenvalue weighted by Crippen LogP contribution is -2.50. The van der Waals surface area contributed by atoms with Crippen molar-refractivity contribution in [1.29, 1.82) is 0 Å². The lowest BCUT2D eigenvalue weighted by molar-refractivity contribution is 0.0980. The van der Waals surface area contributed by atoms with Crippen LogP contribution in [0, 0.1) is 0 Å². The summed E-state index contributed by atoms with van der Waals surface area (Å²) in [5, 5.41) is 3.66. The summed E-state index contributed by atoms with van der Waals surface area (Å²) in [7, 11) is 1.57. The lowest BCUT2D eigenvalue weighted by Gasteiger charge is -2.09. The number of ether oxygens (including phenoxy) is 1. The summed E-state index contributed by atoms with van der Waals surface area (Å²) in [5.41, 5.74) is 10.1. The molecule has 5 N–H and O–H groups in total. The molecule has 1 amide bonds. The minimum atomic E-state index is -0.424. The largest absolute Gasteiger partial charge is 0.497 e. The fourth-order valence-electron chi connectivity index (χ4n) is 1.63. The maximum atomic E-state index is 12.2. The van der Waals surface area contributed by atoms with E-state index in [1.165, 1.54) is 11.3 Å². The number of methoxy groups -OCH3 is 1. The Hall–Kier alpha value is -1.68. The summed E-state index contributed by atoms with van der Waals surface area (Å²) in [5.74, 6) is 0.266. The fourth-order valence-corrected chi connectivity index (χ4v) is 3.26. The Labute approximate surface area is 145 Å². The Morgan fingerprint density at radius 1 is 1.36 bits per heavy atom. The summed E-state index contributed by atoms with van der Waals surface area (Å²) >= 11 is 17.0. The van der Waals surface area contributed by atoms with Crippen LogP contribution >= 0.6 is 47.4 Å². The molecule has 0 aliphatic rings. The van der Waals surface area contributed by atoms with E-state index >= 15 is 0 Å². The van der Waals surface area contributed by atoms with Crippen LogP contribution in [-0.2, 0) is 0 Å². The first kappa shape index (κ1) is 16.7. The molecular formula is C12H11ClN4O2S3. The zero-order valence-electron chi connectivity index (χ0n) is 11.2. The molecule has 0 unspecified atom stereocenters. The van der Waals surface area contributed by atoms with Gasteiger partial charge in [0.15, 0.2) is 10.2 Å². The van der Waals surface area contributed by atoms with E-state index in [-0.39, 0.29) is 10.2 Å². The normalized spacial score (nSPS) is 10.1. The molecule has 0 spiro atoms. The van der Waals surface area contributed by atoms with Gasteiger partial charge in [-0.1, -0.05) is 11.6 Å². The van der Waals surface area contributed by atoms with Crippen LogP contribution in [0.2, 0.25) is 5.02 Å². The number of nitrogens with one attached hydrogen (secondary N) is 3. The van der Waals surface area contributed by atoms with E-state index in [0.29, 0.717) is 15.6 Å². The number of thiocarbonyl (C=S) groups is 2. The van der Waals surface area contributed by atoms with Crippen LogP contribution in [0.15, 0.2) is 18.2 Å². The average Bonchev–Trinajstić information content (AvgIpc) is 2.81. The lowest BCUT2D eigenvalue weighted by atomic mass is 10.2. The van der Waals surface area contributed by atoms with E-state index in [0.717, 1.165) is 10.1 Å². The van der Waals surface area contributed by atoms with Gasteiger partial charge >= 0.3 is 0 Å². The minimum absolute atomic E-state index is 0.00332. The SMILES string of the molecule is COc1ccc2c(Cl)c(C(=O)NC(=S)NNC(N)=S)sc2c1. The highest BCUT2D eigenvalue weighted by molar-refractivity contribution is 7.80. The van der Waals surface area contributed by atoms with E-state index in [1.807, 2.05) is 6.07 Å². The quantitative estimate of drug-likeness (QED) is 0.471. The maximum absolute atomic E-state index is 12.2. The first-order chi connectivity index (χ1) is 10.4. The summed E-state index contributed by atoms with van der Waals surface area (Å²) in [6, 6.07) is 5.39. The monoisotopic (exact) mass is 374 g/mol. The molecule has 0 bridgehead atoms. The predicted molar refractivity (Wildman–Crippen MR) is 96.5 cm³/mol. The van der Waals surface area contributed by atoms with Crippen molar-refractivity contribution in [2.24, 2.45) is 5.73 Å². The van der Waals surface area contributed by atoms with Crippen LogP contribution < -0.4 is 26.6 Å². The van der Waals surface area contributed by atoms with Gasteiger partial charge in [0.05, 0.1) is 12.1 Å². The number of fused-ring (bicyclic) bond motifs is 1. The van der Waals surface area contributed by atoms with E-state index in [2.05, 4.69) is 28.4 Å².